The minimum atomic E-state index is -0.561. The summed E-state index contributed by atoms with van der Waals surface area (Å²) in [5.74, 6) is -1.17. The Morgan fingerprint density at radius 3 is 2.26 bits per heavy atom. The Balaban J connectivity index is 2.74. The number of benzene rings is 1. The van der Waals surface area contributed by atoms with Gasteiger partial charge in [0.2, 0.25) is 5.91 Å². The third-order valence-corrected chi connectivity index (χ3v) is 2.10. The first-order valence-electron chi connectivity index (χ1n) is 5.30. The summed E-state index contributed by atoms with van der Waals surface area (Å²) in [7, 11) is 0. The highest BCUT2D eigenvalue weighted by atomic mass is 16.2. The van der Waals surface area contributed by atoms with Gasteiger partial charge in [0.25, 0.3) is 5.91 Å². The molecule has 0 unspecified atom stereocenters. The number of aliphatic imine (C=N–C) groups is 1. The summed E-state index contributed by atoms with van der Waals surface area (Å²) in [6.07, 6.45) is 4.52. The van der Waals surface area contributed by atoms with E-state index in [-0.39, 0.29) is 5.84 Å². The average Bonchev–Trinajstić information content (AvgIpc) is 2.37. The summed E-state index contributed by atoms with van der Waals surface area (Å²) < 4.78 is 0. The van der Waals surface area contributed by atoms with E-state index in [4.69, 9.17) is 16.6 Å². The molecule has 1 rings (SSSR count). The van der Waals surface area contributed by atoms with E-state index in [2.05, 4.69) is 4.99 Å². The van der Waals surface area contributed by atoms with Crippen molar-refractivity contribution in [3.05, 3.63) is 53.8 Å². The molecule has 0 saturated heterocycles. The largest absolute Gasteiger partial charge is 0.515 e. The fraction of sp³-hybridized carbons (Fsp3) is 0. The number of nitrogens with zero attached hydrogens (tertiary/aromatic N) is 1. The third-order valence-electron chi connectivity index (χ3n) is 2.10. The van der Waals surface area contributed by atoms with Crippen molar-refractivity contribution in [3.63, 3.8) is 0 Å². The molecule has 0 aliphatic rings. The molecule has 0 aliphatic carbocycles. The predicted octanol–water partition coefficient (Wildman–Crippen LogP) is 0.754. The van der Waals surface area contributed by atoms with Crippen molar-refractivity contribution in [2.45, 2.75) is 0 Å². The molecular weight excluding hydrogens is 246 g/mol. The maximum absolute atomic E-state index is 11.3. The smallest absolute Gasteiger partial charge is 0.271 e. The number of aliphatic hydroxyl groups excluding tert-OH is 1. The summed E-state index contributed by atoms with van der Waals surface area (Å²) in [5, 5.41) is 8.42. The van der Waals surface area contributed by atoms with Crippen LogP contribution in [-0.4, -0.2) is 22.8 Å². The molecule has 0 fully saturated rings. The van der Waals surface area contributed by atoms with Crippen LogP contribution in [0.2, 0.25) is 0 Å². The molecule has 0 saturated carbocycles. The fourth-order valence-electron chi connectivity index (χ4n) is 1.20. The second kappa shape index (κ2) is 6.75. The van der Waals surface area contributed by atoms with Gasteiger partial charge in [-0.05, 0) is 23.8 Å². The zero-order valence-corrected chi connectivity index (χ0v) is 9.98. The summed E-state index contributed by atoms with van der Waals surface area (Å²) in [4.78, 5) is 25.7. The highest BCUT2D eigenvalue weighted by molar-refractivity contribution is 6.04. The van der Waals surface area contributed by atoms with E-state index in [0.717, 1.165) is 6.08 Å². The molecule has 0 spiro atoms. The Morgan fingerprint density at radius 2 is 1.74 bits per heavy atom. The molecule has 1 aromatic carbocycles. The second-order valence-electron chi connectivity index (χ2n) is 3.51. The number of hydrogen-bond acceptors (Lipinski definition) is 3. The molecule has 5 N–H and O–H groups in total. The number of carbonyl (C=O) groups excluding carboxylic acids is 2. The van der Waals surface area contributed by atoms with E-state index in [9.17, 15) is 9.59 Å². The zero-order valence-electron chi connectivity index (χ0n) is 9.98. The van der Waals surface area contributed by atoms with Crippen LogP contribution in [0.3, 0.4) is 0 Å². The van der Waals surface area contributed by atoms with Gasteiger partial charge in [0.1, 0.15) is 5.84 Å². The summed E-state index contributed by atoms with van der Waals surface area (Å²) in [5.41, 5.74) is 11.5. The number of nitrogens with two attached hydrogens (primary N) is 2. The first kappa shape index (κ1) is 14.2. The first-order chi connectivity index (χ1) is 9.02. The van der Waals surface area contributed by atoms with Gasteiger partial charge in [-0.3, -0.25) is 9.59 Å². The highest BCUT2D eigenvalue weighted by Gasteiger charge is 1.98. The van der Waals surface area contributed by atoms with Gasteiger partial charge in [0.15, 0.2) is 0 Å². The Morgan fingerprint density at radius 1 is 1.11 bits per heavy atom. The van der Waals surface area contributed by atoms with Gasteiger partial charge < -0.3 is 16.6 Å². The number of amides is 2. The average molecular weight is 259 g/mol. The Bertz CT molecular complexity index is 557. The maximum atomic E-state index is 11.3. The van der Waals surface area contributed by atoms with Crippen molar-refractivity contribution in [2.75, 3.05) is 0 Å². The van der Waals surface area contributed by atoms with Crippen LogP contribution in [0.1, 0.15) is 15.9 Å². The molecular formula is C13H13N3O3. The first-order valence-corrected chi connectivity index (χ1v) is 5.30. The van der Waals surface area contributed by atoms with E-state index >= 15 is 0 Å². The van der Waals surface area contributed by atoms with E-state index in [0.29, 0.717) is 17.4 Å². The van der Waals surface area contributed by atoms with Crippen molar-refractivity contribution < 1.29 is 14.7 Å². The lowest BCUT2D eigenvalue weighted by Crippen LogP contribution is -2.10. The van der Waals surface area contributed by atoms with Gasteiger partial charge in [-0.15, -0.1) is 0 Å². The normalized spacial score (nSPS) is 12.1. The number of amidine groups is 1. The molecule has 1 aromatic rings. The predicted molar refractivity (Wildman–Crippen MR) is 72.4 cm³/mol. The van der Waals surface area contributed by atoms with Crippen molar-refractivity contribution in [3.8, 4) is 0 Å². The van der Waals surface area contributed by atoms with Crippen LogP contribution in [0.15, 0.2) is 47.7 Å². The van der Waals surface area contributed by atoms with Gasteiger partial charge in [-0.1, -0.05) is 12.1 Å². The van der Waals surface area contributed by atoms with Gasteiger partial charge in [-0.2, -0.15) is 4.99 Å². The van der Waals surface area contributed by atoms with Crippen molar-refractivity contribution in [2.24, 2.45) is 16.5 Å². The van der Waals surface area contributed by atoms with Crippen molar-refractivity contribution >= 4 is 23.7 Å². The van der Waals surface area contributed by atoms with Crippen molar-refractivity contribution in [1.82, 2.24) is 0 Å². The van der Waals surface area contributed by atoms with Crippen LogP contribution in [-0.2, 0) is 4.79 Å². The Kier molecular flexibility index (Phi) is 5.04. The monoisotopic (exact) mass is 259 g/mol. The molecule has 0 radical (unpaired) electrons. The van der Waals surface area contributed by atoms with Crippen LogP contribution in [0.4, 0.5) is 0 Å². The molecule has 19 heavy (non-hydrogen) atoms. The van der Waals surface area contributed by atoms with Gasteiger partial charge >= 0.3 is 0 Å². The van der Waals surface area contributed by atoms with Crippen LogP contribution in [0, 0.1) is 0 Å². The second-order valence-corrected chi connectivity index (χ2v) is 3.51. The molecule has 0 atom stereocenters. The van der Waals surface area contributed by atoms with Gasteiger partial charge in [-0.25, -0.2) is 0 Å². The standard InChI is InChI=1S/C13H13N3O3/c14-11(7-8-17)16-12(18)6-3-9-1-4-10(5-2-9)13(15)19/h1-8,17H,(H2,15,19)(H2,14,16,18)/b6-3+,8-7-. The van der Waals surface area contributed by atoms with Gasteiger partial charge in [0, 0.05) is 17.7 Å². The topological polar surface area (TPSA) is 119 Å². The van der Waals surface area contributed by atoms with E-state index < -0.39 is 11.8 Å². The molecule has 0 aromatic heterocycles. The quantitative estimate of drug-likeness (QED) is 0.320. The lowest BCUT2D eigenvalue weighted by Gasteiger charge is -1.96. The Hall–Kier alpha value is -2.89. The van der Waals surface area contributed by atoms with E-state index in [1.165, 1.54) is 12.2 Å². The fourth-order valence-corrected chi connectivity index (χ4v) is 1.20. The number of carbonyl (C=O) groups is 2. The molecule has 6 nitrogen and oxygen atoms in total. The van der Waals surface area contributed by atoms with E-state index in [1.54, 1.807) is 24.3 Å². The summed E-state index contributed by atoms with van der Waals surface area (Å²) in [6, 6.07) is 6.40. The number of aliphatic hydroxyl groups is 1. The van der Waals surface area contributed by atoms with Crippen LogP contribution in [0.5, 0.6) is 0 Å². The van der Waals surface area contributed by atoms with Crippen LogP contribution < -0.4 is 11.5 Å². The number of primary amides is 1. The number of rotatable bonds is 4. The molecule has 0 aliphatic heterocycles. The van der Waals surface area contributed by atoms with E-state index in [1.807, 2.05) is 0 Å². The highest BCUT2D eigenvalue weighted by Crippen LogP contribution is 2.05. The Labute approximate surface area is 109 Å². The molecule has 6 heteroatoms. The summed E-state index contributed by atoms with van der Waals surface area (Å²) >= 11 is 0. The molecule has 98 valence electrons. The van der Waals surface area contributed by atoms with Gasteiger partial charge in [0.05, 0.1) is 6.26 Å². The molecule has 2 amide bonds. The van der Waals surface area contributed by atoms with Crippen LogP contribution >= 0.6 is 0 Å². The maximum Gasteiger partial charge on any atom is 0.271 e. The SMILES string of the molecule is NC(=O)c1ccc(/C=C/C(=O)N=C(N)/C=C\O)cc1. The third kappa shape index (κ3) is 4.86. The van der Waals surface area contributed by atoms with Crippen molar-refractivity contribution in [1.29, 1.82) is 0 Å². The lowest BCUT2D eigenvalue weighted by atomic mass is 10.1. The lowest BCUT2D eigenvalue weighted by molar-refractivity contribution is -0.113. The molecule has 0 heterocycles. The van der Waals surface area contributed by atoms with Crippen LogP contribution in [0.25, 0.3) is 6.08 Å². The number of hydrogen-bond donors (Lipinski definition) is 3. The minimum Gasteiger partial charge on any atom is -0.515 e. The zero-order chi connectivity index (χ0) is 14.3. The molecule has 0 bridgehead atoms. The summed E-state index contributed by atoms with van der Waals surface area (Å²) in [6.45, 7) is 0. The minimum absolute atomic E-state index is 0.0961.